The van der Waals surface area contributed by atoms with Crippen molar-refractivity contribution >= 4 is 35.0 Å². The number of hydrogen-bond donors (Lipinski definition) is 2. The maximum atomic E-state index is 12.6. The summed E-state index contributed by atoms with van der Waals surface area (Å²) in [5.41, 5.74) is 1.85. The fourth-order valence-corrected chi connectivity index (χ4v) is 3.57. The number of H-pyrrole nitrogens is 1. The van der Waals surface area contributed by atoms with Gasteiger partial charge < -0.3 is 10.3 Å². The van der Waals surface area contributed by atoms with E-state index < -0.39 is 10.8 Å². The first kappa shape index (κ1) is 20.6. The highest BCUT2D eigenvalue weighted by molar-refractivity contribution is 8.00. The normalized spacial score (nSPS) is 11.5. The van der Waals surface area contributed by atoms with Crippen molar-refractivity contribution in [1.29, 1.82) is 5.26 Å². The van der Waals surface area contributed by atoms with E-state index in [1.165, 1.54) is 0 Å². The third-order valence-electron chi connectivity index (χ3n) is 4.17. The van der Waals surface area contributed by atoms with Gasteiger partial charge in [-0.2, -0.15) is 5.26 Å². The number of aromatic amines is 1. The Bertz CT molecular complexity index is 1160. The van der Waals surface area contributed by atoms with Gasteiger partial charge in [0, 0.05) is 16.3 Å². The summed E-state index contributed by atoms with van der Waals surface area (Å²) in [6.45, 7) is 3.58. The molecule has 1 atom stereocenters. The molecule has 1 heterocycles. The van der Waals surface area contributed by atoms with Crippen molar-refractivity contribution in [2.75, 3.05) is 5.32 Å². The van der Waals surface area contributed by atoms with Crippen LogP contribution in [0.2, 0.25) is 5.02 Å². The molecule has 3 aromatic rings. The second kappa shape index (κ2) is 8.95. The Balaban J connectivity index is 1.85. The van der Waals surface area contributed by atoms with E-state index in [9.17, 15) is 14.9 Å². The topological polar surface area (TPSA) is 98.6 Å². The second-order valence-corrected chi connectivity index (χ2v) is 8.05. The van der Waals surface area contributed by atoms with Crippen molar-refractivity contribution < 1.29 is 4.79 Å². The van der Waals surface area contributed by atoms with Crippen LogP contribution in [0.25, 0.3) is 11.3 Å². The highest BCUT2D eigenvalue weighted by atomic mass is 35.5. The van der Waals surface area contributed by atoms with Crippen LogP contribution in [0.15, 0.2) is 58.5 Å². The average Bonchev–Trinajstić information content (AvgIpc) is 2.71. The van der Waals surface area contributed by atoms with Gasteiger partial charge in [-0.1, -0.05) is 59.8 Å². The standard InChI is InChI=1S/C21H17ClN4O2S/c1-12-8-9-15(22)10-17(12)24-19(27)13(2)29-21-25-18(14-6-4-3-5-7-14)16(11-23)20(28)26-21/h3-10,13H,1-2H3,(H,24,27)(H,25,26,28)/t13-/m0/s1. The number of halogens is 1. The molecule has 2 N–H and O–H groups in total. The maximum absolute atomic E-state index is 12.6. The second-order valence-electron chi connectivity index (χ2n) is 6.28. The van der Waals surface area contributed by atoms with Crippen LogP contribution < -0.4 is 10.9 Å². The number of thioether (sulfide) groups is 1. The molecule has 0 spiro atoms. The van der Waals surface area contributed by atoms with E-state index in [-0.39, 0.29) is 22.3 Å². The molecule has 0 radical (unpaired) electrons. The Morgan fingerprint density at radius 1 is 1.28 bits per heavy atom. The smallest absolute Gasteiger partial charge is 0.270 e. The largest absolute Gasteiger partial charge is 0.325 e. The molecule has 1 amide bonds. The third-order valence-corrected chi connectivity index (χ3v) is 5.39. The lowest BCUT2D eigenvalue weighted by Crippen LogP contribution is -2.24. The number of aromatic nitrogens is 2. The molecular weight excluding hydrogens is 408 g/mol. The van der Waals surface area contributed by atoms with E-state index in [2.05, 4.69) is 15.3 Å². The minimum atomic E-state index is -0.548. The van der Waals surface area contributed by atoms with Gasteiger partial charge in [0.2, 0.25) is 5.91 Å². The molecule has 0 unspecified atom stereocenters. The molecule has 8 heteroatoms. The van der Waals surface area contributed by atoms with Crippen LogP contribution in [0, 0.1) is 18.3 Å². The zero-order chi connectivity index (χ0) is 21.0. The molecule has 1 aromatic heterocycles. The zero-order valence-corrected chi connectivity index (χ0v) is 17.3. The lowest BCUT2D eigenvalue weighted by Gasteiger charge is -2.14. The van der Waals surface area contributed by atoms with Crippen LogP contribution in [0.1, 0.15) is 18.1 Å². The molecule has 0 aliphatic rings. The van der Waals surface area contributed by atoms with E-state index in [1.54, 1.807) is 43.3 Å². The Kier molecular flexibility index (Phi) is 6.37. The van der Waals surface area contributed by atoms with E-state index in [0.717, 1.165) is 17.3 Å². The SMILES string of the molecule is Cc1ccc(Cl)cc1NC(=O)[C@H](C)Sc1nc(-c2ccccc2)c(C#N)c(=O)[nH]1. The fraction of sp³-hybridized carbons (Fsp3) is 0.143. The summed E-state index contributed by atoms with van der Waals surface area (Å²) < 4.78 is 0. The van der Waals surface area contributed by atoms with E-state index >= 15 is 0 Å². The van der Waals surface area contributed by atoms with Crippen LogP contribution in [-0.2, 0) is 4.79 Å². The molecule has 0 saturated carbocycles. The number of nitriles is 1. The number of nitrogens with zero attached hydrogens (tertiary/aromatic N) is 2. The summed E-state index contributed by atoms with van der Waals surface area (Å²) in [5.74, 6) is -0.256. The molecule has 29 heavy (non-hydrogen) atoms. The summed E-state index contributed by atoms with van der Waals surface area (Å²) in [5, 5.41) is 12.4. The molecule has 0 bridgehead atoms. The highest BCUT2D eigenvalue weighted by Crippen LogP contribution is 2.26. The molecule has 146 valence electrons. The monoisotopic (exact) mass is 424 g/mol. The summed E-state index contributed by atoms with van der Waals surface area (Å²) in [6.07, 6.45) is 0. The van der Waals surface area contributed by atoms with E-state index in [1.807, 2.05) is 25.1 Å². The number of anilines is 1. The highest BCUT2D eigenvalue weighted by Gasteiger charge is 2.19. The van der Waals surface area contributed by atoms with Gasteiger partial charge in [0.15, 0.2) is 5.16 Å². The van der Waals surface area contributed by atoms with Gasteiger partial charge in [0.1, 0.15) is 11.6 Å². The van der Waals surface area contributed by atoms with Gasteiger partial charge in [-0.05, 0) is 31.5 Å². The summed E-state index contributed by atoms with van der Waals surface area (Å²) in [6, 6.07) is 16.1. The Morgan fingerprint density at radius 3 is 2.69 bits per heavy atom. The van der Waals surface area contributed by atoms with E-state index in [0.29, 0.717) is 16.3 Å². The molecule has 0 aliphatic carbocycles. The molecule has 0 fully saturated rings. The number of nitrogens with one attached hydrogen (secondary N) is 2. The first-order valence-electron chi connectivity index (χ1n) is 8.72. The lowest BCUT2D eigenvalue weighted by molar-refractivity contribution is -0.115. The number of aryl methyl sites for hydroxylation is 1. The van der Waals surface area contributed by atoms with Crippen LogP contribution in [0.5, 0.6) is 0 Å². The van der Waals surface area contributed by atoms with Crippen molar-refractivity contribution in [2.45, 2.75) is 24.3 Å². The minimum absolute atomic E-state index is 0.0628. The number of amides is 1. The van der Waals surface area contributed by atoms with Crippen LogP contribution in [-0.4, -0.2) is 21.1 Å². The van der Waals surface area contributed by atoms with Gasteiger partial charge in [0.05, 0.1) is 10.9 Å². The van der Waals surface area contributed by atoms with Crippen molar-refractivity contribution in [2.24, 2.45) is 0 Å². The number of benzene rings is 2. The Hall–Kier alpha value is -3.08. The molecule has 0 aliphatic heterocycles. The Morgan fingerprint density at radius 2 is 2.00 bits per heavy atom. The summed E-state index contributed by atoms with van der Waals surface area (Å²) in [7, 11) is 0. The molecular formula is C21H17ClN4O2S. The predicted molar refractivity (Wildman–Crippen MR) is 115 cm³/mol. The summed E-state index contributed by atoms with van der Waals surface area (Å²) in [4.78, 5) is 31.9. The van der Waals surface area contributed by atoms with Crippen molar-refractivity contribution in [3.05, 3.63) is 75.0 Å². The zero-order valence-electron chi connectivity index (χ0n) is 15.7. The molecule has 2 aromatic carbocycles. The first-order valence-corrected chi connectivity index (χ1v) is 9.98. The number of carbonyl (C=O) groups excluding carboxylic acids is 1. The predicted octanol–water partition coefficient (Wildman–Crippen LogP) is 4.39. The lowest BCUT2D eigenvalue weighted by atomic mass is 10.1. The van der Waals surface area contributed by atoms with E-state index in [4.69, 9.17) is 11.6 Å². The number of rotatable bonds is 5. The Labute approximate surface area is 177 Å². The van der Waals surface area contributed by atoms with Gasteiger partial charge in [0.25, 0.3) is 5.56 Å². The molecule has 0 saturated heterocycles. The van der Waals surface area contributed by atoms with Crippen molar-refractivity contribution in [1.82, 2.24) is 9.97 Å². The van der Waals surface area contributed by atoms with Gasteiger partial charge in [-0.15, -0.1) is 0 Å². The van der Waals surface area contributed by atoms with Gasteiger partial charge in [-0.3, -0.25) is 9.59 Å². The maximum Gasteiger partial charge on any atom is 0.270 e. The average molecular weight is 425 g/mol. The quantitative estimate of drug-likeness (QED) is 0.467. The minimum Gasteiger partial charge on any atom is -0.325 e. The third kappa shape index (κ3) is 4.86. The van der Waals surface area contributed by atoms with Gasteiger partial charge >= 0.3 is 0 Å². The molecule has 6 nitrogen and oxygen atoms in total. The van der Waals surface area contributed by atoms with Crippen LogP contribution >= 0.6 is 23.4 Å². The number of hydrogen-bond acceptors (Lipinski definition) is 5. The fourth-order valence-electron chi connectivity index (χ4n) is 2.60. The van der Waals surface area contributed by atoms with Crippen LogP contribution in [0.4, 0.5) is 5.69 Å². The first-order chi connectivity index (χ1) is 13.9. The van der Waals surface area contributed by atoms with Crippen molar-refractivity contribution in [3.63, 3.8) is 0 Å². The summed E-state index contributed by atoms with van der Waals surface area (Å²) >= 11 is 7.10. The van der Waals surface area contributed by atoms with Crippen molar-refractivity contribution in [3.8, 4) is 17.3 Å². The number of carbonyl (C=O) groups is 1. The van der Waals surface area contributed by atoms with Crippen LogP contribution in [0.3, 0.4) is 0 Å². The van der Waals surface area contributed by atoms with Gasteiger partial charge in [-0.25, -0.2) is 4.98 Å². The molecule has 3 rings (SSSR count).